The molecule has 3 aliphatic rings. The van der Waals surface area contributed by atoms with Gasteiger partial charge in [0.25, 0.3) is 0 Å². The summed E-state index contributed by atoms with van der Waals surface area (Å²) in [6.07, 6.45) is 3.72. The second kappa shape index (κ2) is 7.39. The monoisotopic (exact) mass is 365 g/mol. The fourth-order valence-corrected chi connectivity index (χ4v) is 4.07. The smallest absolute Gasteiger partial charge is 0.228 e. The summed E-state index contributed by atoms with van der Waals surface area (Å²) in [5.74, 6) is 0.156. The summed E-state index contributed by atoms with van der Waals surface area (Å²) in [6.45, 7) is 1.54. The van der Waals surface area contributed by atoms with Gasteiger partial charge in [-0.2, -0.15) is 0 Å². The normalized spacial score (nSPS) is 22.0. The highest BCUT2D eigenvalue weighted by Gasteiger charge is 2.41. The van der Waals surface area contributed by atoms with Crippen LogP contribution in [0.25, 0.3) is 0 Å². The third-order valence-electron chi connectivity index (χ3n) is 5.47. The molecule has 2 bridgehead atoms. The molecule has 2 amide bonds. The number of fused-ring (bicyclic) bond motifs is 4. The Morgan fingerprint density at radius 1 is 1.15 bits per heavy atom. The Balaban J connectivity index is 1.48. The van der Waals surface area contributed by atoms with Crippen LogP contribution in [0.4, 0.5) is 0 Å². The van der Waals surface area contributed by atoms with Gasteiger partial charge in [0.05, 0.1) is 24.6 Å². The maximum Gasteiger partial charge on any atom is 0.228 e. The molecule has 6 heteroatoms. The first-order valence-electron chi connectivity index (χ1n) is 9.36. The van der Waals surface area contributed by atoms with E-state index in [-0.39, 0.29) is 35.9 Å². The van der Waals surface area contributed by atoms with E-state index in [4.69, 9.17) is 0 Å². The number of aromatic hydroxyl groups is 1. The number of hydrogen-bond donors (Lipinski definition) is 1. The van der Waals surface area contributed by atoms with E-state index < -0.39 is 0 Å². The molecule has 4 heterocycles. The Kier molecular flexibility index (Phi) is 4.79. The molecule has 3 aliphatic heterocycles. The molecule has 3 saturated heterocycles. The summed E-state index contributed by atoms with van der Waals surface area (Å²) >= 11 is 0. The molecule has 140 valence electrons. The standard InChI is InChI=1S/C21H23N3O3/c25-19-6-3-4-15(10-19)11-20(26)23-12-16-7-8-18(14-23)24(21(16)27)13-17-5-1-2-9-22-17/h1-6,9-10,16,18,25H,7-8,11-14H2/t16-,18+/m1/s1. The zero-order valence-corrected chi connectivity index (χ0v) is 15.1. The maximum atomic E-state index is 12.9. The summed E-state index contributed by atoms with van der Waals surface area (Å²) in [6, 6.07) is 12.5. The van der Waals surface area contributed by atoms with Crippen molar-refractivity contribution in [3.8, 4) is 5.75 Å². The van der Waals surface area contributed by atoms with Crippen molar-refractivity contribution in [2.75, 3.05) is 13.1 Å². The number of aromatic nitrogens is 1. The van der Waals surface area contributed by atoms with Gasteiger partial charge in [0.1, 0.15) is 5.75 Å². The predicted octanol–water partition coefficient (Wildman–Crippen LogP) is 1.98. The number of nitrogens with zero attached hydrogens (tertiary/aromatic N) is 3. The Hall–Kier alpha value is -2.89. The van der Waals surface area contributed by atoms with Crippen molar-refractivity contribution >= 4 is 11.8 Å². The fourth-order valence-electron chi connectivity index (χ4n) is 4.07. The summed E-state index contributed by atoms with van der Waals surface area (Å²) in [5.41, 5.74) is 1.66. The molecule has 1 N–H and O–H groups in total. The van der Waals surface area contributed by atoms with Crippen LogP contribution in [0.3, 0.4) is 0 Å². The lowest BCUT2D eigenvalue weighted by atomic mass is 9.94. The van der Waals surface area contributed by atoms with Crippen LogP contribution in [0.1, 0.15) is 24.1 Å². The number of phenols is 1. The van der Waals surface area contributed by atoms with Crippen LogP contribution in [0.5, 0.6) is 5.75 Å². The predicted molar refractivity (Wildman–Crippen MR) is 99.7 cm³/mol. The minimum absolute atomic E-state index is 0.00462. The molecule has 2 aromatic rings. The van der Waals surface area contributed by atoms with E-state index >= 15 is 0 Å². The van der Waals surface area contributed by atoms with Crippen LogP contribution in [0.15, 0.2) is 48.7 Å². The zero-order valence-electron chi connectivity index (χ0n) is 15.1. The maximum absolute atomic E-state index is 12.9. The minimum Gasteiger partial charge on any atom is -0.508 e. The summed E-state index contributed by atoms with van der Waals surface area (Å²) in [5, 5.41) is 9.60. The van der Waals surface area contributed by atoms with E-state index in [0.717, 1.165) is 24.1 Å². The van der Waals surface area contributed by atoms with Crippen LogP contribution in [0.2, 0.25) is 0 Å². The Labute approximate surface area is 158 Å². The van der Waals surface area contributed by atoms with Crippen molar-refractivity contribution in [3.63, 3.8) is 0 Å². The molecule has 0 radical (unpaired) electrons. The van der Waals surface area contributed by atoms with E-state index in [1.807, 2.05) is 34.1 Å². The van der Waals surface area contributed by atoms with Crippen molar-refractivity contribution in [3.05, 3.63) is 59.9 Å². The number of pyridine rings is 1. The number of benzene rings is 1. The number of phenolic OH excluding ortho intramolecular Hbond substituents is 1. The molecular formula is C21H23N3O3. The molecule has 0 unspecified atom stereocenters. The van der Waals surface area contributed by atoms with Crippen molar-refractivity contribution < 1.29 is 14.7 Å². The summed E-state index contributed by atoms with van der Waals surface area (Å²) < 4.78 is 0. The molecule has 0 spiro atoms. The Morgan fingerprint density at radius 2 is 2.04 bits per heavy atom. The highest BCUT2D eigenvalue weighted by Crippen LogP contribution is 2.30. The third-order valence-corrected chi connectivity index (χ3v) is 5.47. The molecule has 5 rings (SSSR count). The lowest BCUT2D eigenvalue weighted by Gasteiger charge is -2.35. The van der Waals surface area contributed by atoms with E-state index in [9.17, 15) is 14.7 Å². The number of amides is 2. The number of rotatable bonds is 4. The minimum atomic E-state index is -0.138. The SMILES string of the molecule is O=C(Cc1cccc(O)c1)N1C[C@H]2CC[C@@H](C1)N(Cc1ccccn1)C2=O. The molecular weight excluding hydrogens is 342 g/mol. The fraction of sp³-hybridized carbons (Fsp3) is 0.381. The molecule has 1 aromatic carbocycles. The second-order valence-corrected chi connectivity index (χ2v) is 7.36. The topological polar surface area (TPSA) is 73.7 Å². The van der Waals surface area contributed by atoms with Crippen molar-refractivity contribution in [2.45, 2.75) is 31.8 Å². The van der Waals surface area contributed by atoms with E-state index in [2.05, 4.69) is 4.98 Å². The lowest BCUT2D eigenvalue weighted by molar-refractivity contribution is -0.140. The van der Waals surface area contributed by atoms with Crippen molar-refractivity contribution in [1.29, 1.82) is 0 Å². The van der Waals surface area contributed by atoms with Crippen molar-refractivity contribution in [2.24, 2.45) is 5.92 Å². The van der Waals surface area contributed by atoms with Gasteiger partial charge in [0.15, 0.2) is 0 Å². The van der Waals surface area contributed by atoms with Crippen molar-refractivity contribution in [1.82, 2.24) is 14.8 Å². The molecule has 0 aliphatic carbocycles. The molecule has 1 aromatic heterocycles. The Morgan fingerprint density at radius 3 is 2.81 bits per heavy atom. The molecule has 2 atom stereocenters. The Bertz CT molecular complexity index is 840. The zero-order chi connectivity index (χ0) is 18.8. The van der Waals surface area contributed by atoms with Gasteiger partial charge in [0.2, 0.25) is 11.8 Å². The molecule has 6 nitrogen and oxygen atoms in total. The second-order valence-electron chi connectivity index (χ2n) is 7.36. The van der Waals surface area contributed by atoms with E-state index in [1.165, 1.54) is 0 Å². The first-order valence-corrected chi connectivity index (χ1v) is 9.36. The molecule has 27 heavy (non-hydrogen) atoms. The van der Waals surface area contributed by atoms with E-state index in [0.29, 0.717) is 19.6 Å². The number of carbonyl (C=O) groups excluding carboxylic acids is 2. The van der Waals surface area contributed by atoms with Crippen LogP contribution >= 0.6 is 0 Å². The average molecular weight is 365 g/mol. The lowest BCUT2D eigenvalue weighted by Crippen LogP contribution is -2.47. The van der Waals surface area contributed by atoms with E-state index in [1.54, 1.807) is 24.4 Å². The van der Waals surface area contributed by atoms with Gasteiger partial charge in [-0.25, -0.2) is 0 Å². The van der Waals surface area contributed by atoms with Crippen LogP contribution < -0.4 is 0 Å². The van der Waals surface area contributed by atoms with Crippen LogP contribution in [-0.4, -0.2) is 50.8 Å². The van der Waals surface area contributed by atoms with Gasteiger partial charge in [-0.1, -0.05) is 18.2 Å². The molecule has 0 saturated carbocycles. The quantitative estimate of drug-likeness (QED) is 0.899. The van der Waals surface area contributed by atoms with Gasteiger partial charge < -0.3 is 14.9 Å². The summed E-state index contributed by atoms with van der Waals surface area (Å²) in [4.78, 5) is 33.8. The van der Waals surface area contributed by atoms with Gasteiger partial charge in [0, 0.05) is 25.3 Å². The highest BCUT2D eigenvalue weighted by molar-refractivity contribution is 5.84. The highest BCUT2D eigenvalue weighted by atomic mass is 16.3. The largest absolute Gasteiger partial charge is 0.508 e. The van der Waals surface area contributed by atoms with Gasteiger partial charge >= 0.3 is 0 Å². The van der Waals surface area contributed by atoms with Crippen LogP contribution in [-0.2, 0) is 22.6 Å². The first kappa shape index (κ1) is 17.5. The number of piperidine rings is 1. The van der Waals surface area contributed by atoms with Gasteiger partial charge in [-0.15, -0.1) is 0 Å². The average Bonchev–Trinajstić information content (AvgIpc) is 2.95. The summed E-state index contributed by atoms with van der Waals surface area (Å²) in [7, 11) is 0. The first-order chi connectivity index (χ1) is 13.1. The molecule has 3 fully saturated rings. The van der Waals surface area contributed by atoms with Crippen LogP contribution in [0, 0.1) is 5.92 Å². The number of hydrogen-bond acceptors (Lipinski definition) is 4. The third kappa shape index (κ3) is 3.79. The van der Waals surface area contributed by atoms with Gasteiger partial charge in [-0.3, -0.25) is 14.6 Å². The number of carbonyl (C=O) groups is 2. The van der Waals surface area contributed by atoms with Gasteiger partial charge in [-0.05, 0) is 42.7 Å².